The maximum Gasteiger partial charge on any atom is 0.226 e. The molecule has 1 saturated carbocycles. The number of hydrogen-bond donors (Lipinski definition) is 2. The molecule has 27 heavy (non-hydrogen) atoms. The van der Waals surface area contributed by atoms with Crippen LogP contribution in [0.5, 0.6) is 0 Å². The summed E-state index contributed by atoms with van der Waals surface area (Å²) >= 11 is 0. The van der Waals surface area contributed by atoms with E-state index < -0.39 is 17.7 Å². The Morgan fingerprint density at radius 3 is 2.59 bits per heavy atom. The van der Waals surface area contributed by atoms with E-state index >= 15 is 0 Å². The zero-order valence-electron chi connectivity index (χ0n) is 14.4. The molecule has 0 saturated heterocycles. The zero-order chi connectivity index (χ0) is 18.4. The maximum absolute atomic E-state index is 13.4. The highest BCUT2D eigenvalue weighted by molar-refractivity contribution is 5.85. The predicted molar refractivity (Wildman–Crippen MR) is 94.9 cm³/mol. The van der Waals surface area contributed by atoms with E-state index in [9.17, 15) is 18.7 Å². The number of aromatic nitrogens is 1. The van der Waals surface area contributed by atoms with Crippen molar-refractivity contribution >= 4 is 18.3 Å². The molecule has 1 fully saturated rings. The van der Waals surface area contributed by atoms with E-state index in [0.29, 0.717) is 37.3 Å². The molecule has 2 aliphatic rings. The van der Waals surface area contributed by atoms with Crippen molar-refractivity contribution < 1.29 is 23.1 Å². The number of nitrogens with zero attached hydrogens (tertiary/aromatic N) is 2. The second kappa shape index (κ2) is 7.53. The van der Waals surface area contributed by atoms with Crippen LogP contribution in [0.15, 0.2) is 22.6 Å². The first-order valence-electron chi connectivity index (χ1n) is 8.58. The first-order valence-corrected chi connectivity index (χ1v) is 8.58. The number of aliphatic hydroxyl groups excluding tert-OH is 1. The Morgan fingerprint density at radius 1 is 1.26 bits per heavy atom. The summed E-state index contributed by atoms with van der Waals surface area (Å²) in [6.45, 7) is 0.747. The number of halogens is 3. The lowest BCUT2D eigenvalue weighted by molar-refractivity contribution is -0.136. The number of rotatable bonds is 2. The molecule has 2 aromatic rings. The Kier molecular flexibility index (Phi) is 5.50. The minimum Gasteiger partial charge on any atom is -0.441 e. The number of fused-ring (bicyclic) bond motifs is 1. The number of aliphatic hydroxyl groups is 1. The first-order chi connectivity index (χ1) is 12.4. The summed E-state index contributed by atoms with van der Waals surface area (Å²) in [4.78, 5) is 18.7. The van der Waals surface area contributed by atoms with E-state index in [1.807, 2.05) is 0 Å². The van der Waals surface area contributed by atoms with Crippen molar-refractivity contribution in [1.29, 1.82) is 0 Å². The fourth-order valence-electron chi connectivity index (χ4n) is 3.70. The van der Waals surface area contributed by atoms with Crippen LogP contribution >= 0.6 is 12.4 Å². The summed E-state index contributed by atoms with van der Waals surface area (Å²) in [5, 5.41) is 9.76. The molecule has 2 heterocycles. The monoisotopic (exact) mass is 399 g/mol. The normalized spacial score (nSPS) is 24.4. The van der Waals surface area contributed by atoms with Crippen LogP contribution in [0, 0.1) is 17.6 Å². The summed E-state index contributed by atoms with van der Waals surface area (Å²) in [7, 11) is 0. The van der Waals surface area contributed by atoms with Gasteiger partial charge >= 0.3 is 0 Å². The third kappa shape index (κ3) is 3.83. The Labute approximate surface area is 160 Å². The van der Waals surface area contributed by atoms with Crippen molar-refractivity contribution in [3.8, 4) is 11.5 Å². The van der Waals surface area contributed by atoms with Crippen molar-refractivity contribution in [3.05, 3.63) is 41.3 Å². The molecule has 0 spiro atoms. The lowest BCUT2D eigenvalue weighted by Crippen LogP contribution is -2.39. The average Bonchev–Trinajstić information content (AvgIpc) is 3.16. The average molecular weight is 400 g/mol. The predicted octanol–water partition coefficient (Wildman–Crippen LogP) is 2.02. The van der Waals surface area contributed by atoms with Gasteiger partial charge in [-0.3, -0.25) is 4.79 Å². The van der Waals surface area contributed by atoms with Gasteiger partial charge in [-0.1, -0.05) is 0 Å². The Hall–Kier alpha value is -2.03. The summed E-state index contributed by atoms with van der Waals surface area (Å²) in [5.41, 5.74) is 6.61. The first kappa shape index (κ1) is 19.7. The molecule has 1 aliphatic carbocycles. The molecule has 6 nitrogen and oxygen atoms in total. The van der Waals surface area contributed by atoms with Crippen molar-refractivity contribution in [2.45, 2.75) is 38.0 Å². The van der Waals surface area contributed by atoms with E-state index in [-0.39, 0.29) is 48.3 Å². The van der Waals surface area contributed by atoms with E-state index in [4.69, 9.17) is 10.2 Å². The smallest absolute Gasteiger partial charge is 0.226 e. The summed E-state index contributed by atoms with van der Waals surface area (Å²) in [6.07, 6.45) is 0.671. The van der Waals surface area contributed by atoms with Crippen LogP contribution in [0.1, 0.15) is 24.3 Å². The van der Waals surface area contributed by atoms with Gasteiger partial charge in [-0.2, -0.15) is 0 Å². The van der Waals surface area contributed by atoms with Gasteiger partial charge < -0.3 is 20.2 Å². The molecule has 1 aliphatic heterocycles. The summed E-state index contributed by atoms with van der Waals surface area (Å²) < 4.78 is 32.5. The van der Waals surface area contributed by atoms with Gasteiger partial charge in [-0.05, 0) is 25.0 Å². The summed E-state index contributed by atoms with van der Waals surface area (Å²) in [5.74, 6) is -0.986. The molecule has 0 unspecified atom stereocenters. The van der Waals surface area contributed by atoms with E-state index in [1.165, 1.54) is 0 Å². The molecular weight excluding hydrogens is 380 g/mol. The second-order valence-corrected chi connectivity index (χ2v) is 6.96. The lowest BCUT2D eigenvalue weighted by Gasteiger charge is -2.27. The fraction of sp³-hybridized carbons (Fsp3) is 0.444. The number of oxazole rings is 1. The third-order valence-electron chi connectivity index (χ3n) is 5.07. The molecule has 0 radical (unpaired) electrons. The fourth-order valence-corrected chi connectivity index (χ4v) is 3.70. The van der Waals surface area contributed by atoms with Crippen molar-refractivity contribution in [3.63, 3.8) is 0 Å². The molecule has 3 N–H and O–H groups in total. The number of carbonyl (C=O) groups is 1. The van der Waals surface area contributed by atoms with Gasteiger partial charge in [0, 0.05) is 36.6 Å². The zero-order valence-corrected chi connectivity index (χ0v) is 15.2. The Morgan fingerprint density at radius 2 is 1.96 bits per heavy atom. The van der Waals surface area contributed by atoms with Crippen LogP contribution < -0.4 is 5.73 Å². The summed E-state index contributed by atoms with van der Waals surface area (Å²) in [6, 6.07) is 2.73. The number of hydrogen-bond acceptors (Lipinski definition) is 5. The molecule has 1 aromatic heterocycles. The third-order valence-corrected chi connectivity index (χ3v) is 5.07. The molecule has 0 bridgehead atoms. The van der Waals surface area contributed by atoms with Crippen LogP contribution in [0.4, 0.5) is 8.78 Å². The van der Waals surface area contributed by atoms with Gasteiger partial charge in [0.05, 0.1) is 12.6 Å². The molecule has 3 atom stereocenters. The lowest BCUT2D eigenvalue weighted by atomic mass is 10.0. The van der Waals surface area contributed by atoms with Gasteiger partial charge in [-0.15, -0.1) is 12.4 Å². The Balaban J connectivity index is 0.00000210. The van der Waals surface area contributed by atoms with Gasteiger partial charge in [0.2, 0.25) is 11.8 Å². The van der Waals surface area contributed by atoms with E-state index in [0.717, 1.165) is 18.2 Å². The molecule has 1 aromatic carbocycles. The van der Waals surface area contributed by atoms with Crippen LogP contribution in [0.25, 0.3) is 11.5 Å². The Bertz CT molecular complexity index is 830. The number of carbonyl (C=O) groups excluding carboxylic acids is 1. The van der Waals surface area contributed by atoms with Crippen LogP contribution in [0.2, 0.25) is 0 Å². The van der Waals surface area contributed by atoms with Crippen molar-refractivity contribution in [2.75, 3.05) is 6.54 Å². The highest BCUT2D eigenvalue weighted by Crippen LogP contribution is 2.31. The van der Waals surface area contributed by atoms with Gasteiger partial charge in [0.25, 0.3) is 0 Å². The van der Waals surface area contributed by atoms with E-state index in [1.54, 1.807) is 4.90 Å². The molecule has 9 heteroatoms. The van der Waals surface area contributed by atoms with Crippen LogP contribution in [-0.2, 0) is 17.8 Å². The topological polar surface area (TPSA) is 92.6 Å². The second-order valence-electron chi connectivity index (χ2n) is 6.96. The minimum absolute atomic E-state index is 0. The highest BCUT2D eigenvalue weighted by Gasteiger charge is 2.38. The number of amides is 1. The van der Waals surface area contributed by atoms with E-state index in [2.05, 4.69) is 4.98 Å². The van der Waals surface area contributed by atoms with Gasteiger partial charge in [0.15, 0.2) is 0 Å². The van der Waals surface area contributed by atoms with Gasteiger partial charge in [0.1, 0.15) is 23.1 Å². The SMILES string of the molecule is Cl.N[C@@H]1C[C@H](C(=O)N2CCc3oc(-c4cc(F)cc(F)c4)nc3C2)C[C@H]1O. The van der Waals surface area contributed by atoms with Gasteiger partial charge in [-0.25, -0.2) is 13.8 Å². The van der Waals surface area contributed by atoms with Crippen molar-refractivity contribution in [1.82, 2.24) is 9.88 Å². The standard InChI is InChI=1S/C18H19F2N3O3.ClH/c19-11-3-9(4-12(20)7-11)17-22-14-8-23(2-1-16(14)26-17)18(25)10-5-13(21)15(24)6-10;/h3-4,7,10,13,15,24H,1-2,5-6,8,21H2;1H/t10-,13+,15+;/m0./s1. The largest absolute Gasteiger partial charge is 0.441 e. The maximum atomic E-state index is 13.4. The number of benzene rings is 1. The molecule has 146 valence electrons. The van der Waals surface area contributed by atoms with Crippen LogP contribution in [-0.4, -0.2) is 39.6 Å². The quantitative estimate of drug-likeness (QED) is 0.806. The minimum atomic E-state index is -0.705. The highest BCUT2D eigenvalue weighted by atomic mass is 35.5. The van der Waals surface area contributed by atoms with Crippen LogP contribution in [0.3, 0.4) is 0 Å². The number of nitrogens with two attached hydrogens (primary N) is 1. The molecule has 1 amide bonds. The molecular formula is C18H20ClF2N3O3. The van der Waals surface area contributed by atoms with Crippen molar-refractivity contribution in [2.24, 2.45) is 11.7 Å². The molecule has 4 rings (SSSR count).